The first kappa shape index (κ1) is 18.2. The van der Waals surface area contributed by atoms with Crippen LogP contribution in [0.25, 0.3) is 5.69 Å². The van der Waals surface area contributed by atoms with Gasteiger partial charge in [-0.2, -0.15) is 0 Å². The summed E-state index contributed by atoms with van der Waals surface area (Å²) in [5.41, 5.74) is 3.00. The Hall–Kier alpha value is -1.57. The third kappa shape index (κ3) is 3.68. The first-order chi connectivity index (χ1) is 11.8. The number of likely N-dealkylation sites (tertiary alicyclic amines) is 1. The fraction of sp³-hybridized carbons (Fsp3) is 0.474. The van der Waals surface area contributed by atoms with Gasteiger partial charge < -0.3 is 14.8 Å². The SMILES string of the molecule is CN=C(NCc1ccccc1-n1ccnc1)N1CCC2(CCC2)C1.I. The van der Waals surface area contributed by atoms with Crippen LogP contribution in [0.3, 0.4) is 0 Å². The maximum Gasteiger partial charge on any atom is 0.193 e. The number of aromatic nitrogens is 2. The molecule has 0 unspecified atom stereocenters. The predicted molar refractivity (Wildman–Crippen MR) is 112 cm³/mol. The standard InChI is InChI=1S/C19H25N5.HI/c1-20-18(23-11-9-19(14-23)7-4-8-19)22-13-16-5-2-3-6-17(16)24-12-10-21-15-24;/h2-3,5-6,10,12,15H,4,7-9,11,13-14H2,1H3,(H,20,22);1H. The highest BCUT2D eigenvalue weighted by Gasteiger charge is 2.43. The minimum absolute atomic E-state index is 0. The van der Waals surface area contributed by atoms with Gasteiger partial charge in [-0.1, -0.05) is 24.6 Å². The van der Waals surface area contributed by atoms with Crippen LogP contribution in [0.2, 0.25) is 0 Å². The van der Waals surface area contributed by atoms with Crippen molar-refractivity contribution in [1.29, 1.82) is 0 Å². The van der Waals surface area contributed by atoms with E-state index < -0.39 is 0 Å². The molecule has 2 aromatic rings. The lowest BCUT2D eigenvalue weighted by Crippen LogP contribution is -2.42. The van der Waals surface area contributed by atoms with Gasteiger partial charge in [0, 0.05) is 39.1 Å². The van der Waals surface area contributed by atoms with Crippen molar-refractivity contribution in [3.63, 3.8) is 0 Å². The van der Waals surface area contributed by atoms with Gasteiger partial charge in [-0.25, -0.2) is 4.98 Å². The average molecular weight is 451 g/mol. The number of benzene rings is 1. The third-order valence-electron chi connectivity index (χ3n) is 5.58. The molecule has 1 aliphatic heterocycles. The van der Waals surface area contributed by atoms with E-state index in [1.165, 1.54) is 31.2 Å². The van der Waals surface area contributed by atoms with E-state index in [1.807, 2.05) is 25.8 Å². The average Bonchev–Trinajstić information content (AvgIpc) is 3.25. The molecule has 2 fully saturated rings. The number of para-hydroxylation sites is 1. The topological polar surface area (TPSA) is 45.5 Å². The van der Waals surface area contributed by atoms with Crippen LogP contribution in [0.5, 0.6) is 0 Å². The maximum absolute atomic E-state index is 4.51. The molecule has 0 radical (unpaired) electrons. The summed E-state index contributed by atoms with van der Waals surface area (Å²) < 4.78 is 2.05. The molecular weight excluding hydrogens is 425 g/mol. The molecule has 0 amide bonds. The number of hydrogen-bond donors (Lipinski definition) is 1. The highest BCUT2D eigenvalue weighted by molar-refractivity contribution is 14.0. The lowest BCUT2D eigenvalue weighted by Gasteiger charge is -2.38. The van der Waals surface area contributed by atoms with E-state index in [9.17, 15) is 0 Å². The molecule has 5 nitrogen and oxygen atoms in total. The first-order valence-corrected chi connectivity index (χ1v) is 8.82. The van der Waals surface area contributed by atoms with Crippen LogP contribution in [-0.2, 0) is 6.54 Å². The molecule has 0 atom stereocenters. The molecule has 2 heterocycles. The Balaban J connectivity index is 0.00000182. The van der Waals surface area contributed by atoms with E-state index in [0.29, 0.717) is 5.41 Å². The number of aliphatic imine (C=N–C) groups is 1. The lowest BCUT2D eigenvalue weighted by atomic mass is 9.68. The summed E-state index contributed by atoms with van der Waals surface area (Å²) in [6.07, 6.45) is 11.1. The molecule has 1 spiro atoms. The lowest BCUT2D eigenvalue weighted by molar-refractivity contribution is 0.151. The van der Waals surface area contributed by atoms with Crippen molar-refractivity contribution in [3.05, 3.63) is 48.5 Å². The summed E-state index contributed by atoms with van der Waals surface area (Å²) in [5.74, 6) is 1.03. The quantitative estimate of drug-likeness (QED) is 0.442. The Labute approximate surface area is 166 Å². The van der Waals surface area contributed by atoms with Gasteiger partial charge in [0.15, 0.2) is 5.96 Å². The molecule has 0 bridgehead atoms. The van der Waals surface area contributed by atoms with Crippen LogP contribution in [0, 0.1) is 5.41 Å². The second-order valence-corrected chi connectivity index (χ2v) is 7.02. The number of hydrogen-bond acceptors (Lipinski definition) is 2. The fourth-order valence-electron chi connectivity index (χ4n) is 4.02. The summed E-state index contributed by atoms with van der Waals surface area (Å²) in [6.45, 7) is 3.06. The summed E-state index contributed by atoms with van der Waals surface area (Å²) in [6, 6.07) is 8.43. The molecule has 2 aliphatic rings. The van der Waals surface area contributed by atoms with Gasteiger partial charge in [-0.05, 0) is 36.3 Å². The molecule has 1 aromatic heterocycles. The summed E-state index contributed by atoms with van der Waals surface area (Å²) in [5, 5.41) is 3.56. The summed E-state index contributed by atoms with van der Waals surface area (Å²) in [4.78, 5) is 11.1. The minimum Gasteiger partial charge on any atom is -0.352 e. The molecule has 25 heavy (non-hydrogen) atoms. The van der Waals surface area contributed by atoms with Crippen LogP contribution in [0.15, 0.2) is 48.0 Å². The van der Waals surface area contributed by atoms with Crippen molar-refractivity contribution < 1.29 is 0 Å². The van der Waals surface area contributed by atoms with Gasteiger partial charge >= 0.3 is 0 Å². The summed E-state index contributed by atoms with van der Waals surface area (Å²) >= 11 is 0. The number of halogens is 1. The van der Waals surface area contributed by atoms with Crippen molar-refractivity contribution in [2.45, 2.75) is 32.2 Å². The Morgan fingerprint density at radius 3 is 2.76 bits per heavy atom. The smallest absolute Gasteiger partial charge is 0.193 e. The van der Waals surface area contributed by atoms with Crippen molar-refractivity contribution in [2.24, 2.45) is 10.4 Å². The maximum atomic E-state index is 4.51. The van der Waals surface area contributed by atoms with Gasteiger partial charge in [-0.15, -0.1) is 24.0 Å². The molecule has 134 valence electrons. The van der Waals surface area contributed by atoms with E-state index >= 15 is 0 Å². The molecule has 1 aliphatic carbocycles. The van der Waals surface area contributed by atoms with Crippen molar-refractivity contribution in [2.75, 3.05) is 20.1 Å². The number of rotatable bonds is 3. The van der Waals surface area contributed by atoms with Crippen LogP contribution >= 0.6 is 24.0 Å². The van der Waals surface area contributed by atoms with Gasteiger partial charge in [0.1, 0.15) is 0 Å². The van der Waals surface area contributed by atoms with Crippen LogP contribution < -0.4 is 5.32 Å². The minimum atomic E-state index is 0. The molecule has 1 saturated heterocycles. The van der Waals surface area contributed by atoms with Gasteiger partial charge in [-0.3, -0.25) is 4.99 Å². The normalized spacial score (nSPS) is 18.8. The zero-order valence-electron chi connectivity index (χ0n) is 14.7. The number of guanidine groups is 1. The van der Waals surface area contributed by atoms with Crippen LogP contribution in [0.1, 0.15) is 31.2 Å². The van der Waals surface area contributed by atoms with E-state index in [-0.39, 0.29) is 24.0 Å². The van der Waals surface area contributed by atoms with Crippen LogP contribution in [-0.4, -0.2) is 40.5 Å². The number of imidazole rings is 1. The van der Waals surface area contributed by atoms with E-state index in [4.69, 9.17) is 0 Å². The Bertz CT molecular complexity index is 721. The van der Waals surface area contributed by atoms with Crippen LogP contribution in [0.4, 0.5) is 0 Å². The van der Waals surface area contributed by atoms with Gasteiger partial charge in [0.25, 0.3) is 0 Å². The third-order valence-corrected chi connectivity index (χ3v) is 5.58. The van der Waals surface area contributed by atoms with Gasteiger partial charge in [0.2, 0.25) is 0 Å². The van der Waals surface area contributed by atoms with Crippen molar-refractivity contribution in [3.8, 4) is 5.69 Å². The monoisotopic (exact) mass is 451 g/mol. The second-order valence-electron chi connectivity index (χ2n) is 7.02. The Morgan fingerprint density at radius 2 is 2.12 bits per heavy atom. The van der Waals surface area contributed by atoms with Crippen molar-refractivity contribution >= 4 is 29.9 Å². The zero-order chi connectivity index (χ0) is 16.4. The largest absolute Gasteiger partial charge is 0.352 e. The van der Waals surface area contributed by atoms with Crippen molar-refractivity contribution in [1.82, 2.24) is 19.8 Å². The second kappa shape index (κ2) is 7.76. The van der Waals surface area contributed by atoms with E-state index in [0.717, 1.165) is 31.3 Å². The molecular formula is C19H26IN5. The summed E-state index contributed by atoms with van der Waals surface area (Å²) in [7, 11) is 1.88. The molecule has 1 aromatic carbocycles. The van der Waals surface area contributed by atoms with E-state index in [2.05, 4.69) is 49.0 Å². The number of nitrogens with one attached hydrogen (secondary N) is 1. The number of nitrogens with zero attached hydrogens (tertiary/aromatic N) is 4. The molecule has 1 saturated carbocycles. The first-order valence-electron chi connectivity index (χ1n) is 8.82. The zero-order valence-corrected chi connectivity index (χ0v) is 17.0. The molecule has 4 rings (SSSR count). The fourth-order valence-corrected chi connectivity index (χ4v) is 4.02. The highest BCUT2D eigenvalue weighted by Crippen LogP contribution is 2.47. The Kier molecular flexibility index (Phi) is 5.66. The molecule has 6 heteroatoms. The Morgan fingerprint density at radius 1 is 1.28 bits per heavy atom. The predicted octanol–water partition coefficient (Wildman–Crippen LogP) is 3.44. The van der Waals surface area contributed by atoms with E-state index in [1.54, 1.807) is 0 Å². The molecule has 1 N–H and O–H groups in total. The highest BCUT2D eigenvalue weighted by atomic mass is 127. The van der Waals surface area contributed by atoms with Gasteiger partial charge in [0.05, 0.1) is 12.0 Å².